The van der Waals surface area contributed by atoms with Crippen molar-refractivity contribution in [2.45, 2.75) is 32.7 Å². The number of nitrogens with zero attached hydrogens (tertiary/aromatic N) is 1. The molecule has 0 radical (unpaired) electrons. The normalized spacial score (nSPS) is 11.0. The van der Waals surface area contributed by atoms with Gasteiger partial charge in [-0.05, 0) is 18.9 Å². The molecule has 0 heterocycles. The maximum absolute atomic E-state index is 13.5. The van der Waals surface area contributed by atoms with E-state index in [4.69, 9.17) is 10.8 Å². The molecule has 0 saturated carbocycles. The summed E-state index contributed by atoms with van der Waals surface area (Å²) in [6.45, 7) is 4.20. The van der Waals surface area contributed by atoms with Gasteiger partial charge in [0.05, 0.1) is 18.0 Å². The summed E-state index contributed by atoms with van der Waals surface area (Å²) in [7, 11) is 0. The lowest BCUT2D eigenvalue weighted by Crippen LogP contribution is -2.37. The number of aliphatic hydroxyl groups excluding tert-OH is 1. The van der Waals surface area contributed by atoms with Crippen molar-refractivity contribution in [2.24, 2.45) is 0 Å². The zero-order valence-electron chi connectivity index (χ0n) is 10.8. The van der Waals surface area contributed by atoms with Crippen LogP contribution in [0, 0.1) is 11.6 Å². The second-order valence-corrected chi connectivity index (χ2v) is 4.21. The van der Waals surface area contributed by atoms with Crippen molar-refractivity contribution in [1.82, 2.24) is 0 Å². The van der Waals surface area contributed by atoms with Crippen LogP contribution in [0.5, 0.6) is 0 Å². The molecule has 0 atom stereocenters. The van der Waals surface area contributed by atoms with Crippen LogP contribution < -0.4 is 10.6 Å². The lowest BCUT2D eigenvalue weighted by atomic mass is 10.1. The Morgan fingerprint density at radius 2 is 1.89 bits per heavy atom. The molecule has 0 aliphatic carbocycles. The fourth-order valence-electron chi connectivity index (χ4n) is 2.15. The van der Waals surface area contributed by atoms with E-state index in [0.29, 0.717) is 12.2 Å². The molecule has 0 unspecified atom stereocenters. The molecule has 0 amide bonds. The fraction of sp³-hybridized carbons (Fsp3) is 0.538. The summed E-state index contributed by atoms with van der Waals surface area (Å²) >= 11 is 0. The summed E-state index contributed by atoms with van der Waals surface area (Å²) in [5, 5.41) is 9.10. The number of aliphatic hydroxyl groups is 1. The van der Waals surface area contributed by atoms with Crippen LogP contribution in [0.4, 0.5) is 20.2 Å². The Hall–Kier alpha value is -1.36. The molecular formula is C13H20F2N2O. The average molecular weight is 258 g/mol. The van der Waals surface area contributed by atoms with Crippen LogP contribution in [-0.2, 0) is 0 Å². The number of halogens is 2. The van der Waals surface area contributed by atoms with Gasteiger partial charge in [0.15, 0.2) is 5.82 Å². The quantitative estimate of drug-likeness (QED) is 0.771. The van der Waals surface area contributed by atoms with E-state index in [1.807, 2.05) is 13.8 Å². The summed E-state index contributed by atoms with van der Waals surface area (Å²) in [5.41, 5.74) is 5.91. The molecule has 3 nitrogen and oxygen atoms in total. The summed E-state index contributed by atoms with van der Waals surface area (Å²) in [6.07, 6.45) is 1.63. The van der Waals surface area contributed by atoms with E-state index in [0.717, 1.165) is 18.9 Å². The van der Waals surface area contributed by atoms with E-state index in [-0.39, 0.29) is 18.3 Å². The zero-order valence-corrected chi connectivity index (χ0v) is 10.8. The van der Waals surface area contributed by atoms with Gasteiger partial charge in [0.1, 0.15) is 5.82 Å². The molecule has 0 aliphatic rings. The lowest BCUT2D eigenvalue weighted by molar-refractivity contribution is 0.296. The number of anilines is 2. The Balaban J connectivity index is 3.20. The van der Waals surface area contributed by atoms with Crippen LogP contribution in [0.2, 0.25) is 0 Å². The van der Waals surface area contributed by atoms with Crippen LogP contribution in [-0.4, -0.2) is 24.3 Å². The van der Waals surface area contributed by atoms with Gasteiger partial charge in [-0.2, -0.15) is 0 Å². The van der Waals surface area contributed by atoms with Crippen LogP contribution >= 0.6 is 0 Å². The van der Waals surface area contributed by atoms with Gasteiger partial charge >= 0.3 is 0 Å². The molecule has 0 spiro atoms. The third-order valence-electron chi connectivity index (χ3n) is 3.11. The van der Waals surface area contributed by atoms with E-state index in [1.165, 1.54) is 6.07 Å². The SMILES string of the molecule is CCC(CC)N(CCO)c1cc(F)cc(F)c1N. The van der Waals surface area contributed by atoms with E-state index in [9.17, 15) is 8.78 Å². The van der Waals surface area contributed by atoms with Gasteiger partial charge in [-0.15, -0.1) is 0 Å². The molecule has 1 rings (SSSR count). The van der Waals surface area contributed by atoms with E-state index in [1.54, 1.807) is 4.90 Å². The predicted molar refractivity (Wildman–Crippen MR) is 69.6 cm³/mol. The van der Waals surface area contributed by atoms with Crippen molar-refractivity contribution in [3.05, 3.63) is 23.8 Å². The van der Waals surface area contributed by atoms with Crippen molar-refractivity contribution in [1.29, 1.82) is 0 Å². The molecule has 3 N–H and O–H groups in total. The van der Waals surface area contributed by atoms with E-state index < -0.39 is 11.6 Å². The van der Waals surface area contributed by atoms with Gasteiger partial charge in [-0.1, -0.05) is 13.8 Å². The van der Waals surface area contributed by atoms with Crippen LogP contribution in [0.15, 0.2) is 12.1 Å². The summed E-state index contributed by atoms with van der Waals surface area (Å²) in [5.74, 6) is -1.43. The molecular weight excluding hydrogens is 238 g/mol. The maximum Gasteiger partial charge on any atom is 0.151 e. The number of hydrogen-bond acceptors (Lipinski definition) is 3. The average Bonchev–Trinajstić information content (AvgIpc) is 2.34. The van der Waals surface area contributed by atoms with Crippen molar-refractivity contribution in [3.63, 3.8) is 0 Å². The van der Waals surface area contributed by atoms with Gasteiger partial charge in [0, 0.05) is 18.7 Å². The molecule has 5 heteroatoms. The summed E-state index contributed by atoms with van der Waals surface area (Å²) < 4.78 is 26.8. The first-order valence-corrected chi connectivity index (χ1v) is 6.17. The maximum atomic E-state index is 13.5. The molecule has 0 aromatic heterocycles. The lowest BCUT2D eigenvalue weighted by Gasteiger charge is -2.33. The smallest absolute Gasteiger partial charge is 0.151 e. The standard InChI is InChI=1S/C13H20F2N2O/c1-3-10(4-2)17(5-6-18)12-8-9(14)7-11(15)13(12)16/h7-8,10,18H,3-6,16H2,1-2H3. The first-order chi connectivity index (χ1) is 8.54. The molecule has 0 fully saturated rings. The molecule has 0 aliphatic heterocycles. The van der Waals surface area contributed by atoms with Gasteiger partial charge in [-0.3, -0.25) is 0 Å². The Kier molecular flexibility index (Phi) is 5.34. The third kappa shape index (κ3) is 3.10. The Morgan fingerprint density at radius 3 is 2.39 bits per heavy atom. The highest BCUT2D eigenvalue weighted by Crippen LogP contribution is 2.30. The number of nitrogens with two attached hydrogens (primary N) is 1. The van der Waals surface area contributed by atoms with Gasteiger partial charge < -0.3 is 15.7 Å². The highest BCUT2D eigenvalue weighted by molar-refractivity contribution is 5.68. The second-order valence-electron chi connectivity index (χ2n) is 4.21. The first kappa shape index (κ1) is 14.7. The molecule has 18 heavy (non-hydrogen) atoms. The Labute approximate surface area is 106 Å². The van der Waals surface area contributed by atoms with Crippen LogP contribution in [0.1, 0.15) is 26.7 Å². The molecule has 0 saturated heterocycles. The van der Waals surface area contributed by atoms with Gasteiger partial charge in [-0.25, -0.2) is 8.78 Å². The fourth-order valence-corrected chi connectivity index (χ4v) is 2.15. The monoisotopic (exact) mass is 258 g/mol. The highest BCUT2D eigenvalue weighted by Gasteiger charge is 2.20. The second kappa shape index (κ2) is 6.54. The minimum atomic E-state index is -0.765. The Bertz CT molecular complexity index is 395. The minimum Gasteiger partial charge on any atom is -0.395 e. The number of rotatable bonds is 6. The Morgan fingerprint density at radius 1 is 1.28 bits per heavy atom. The molecule has 1 aromatic rings. The minimum absolute atomic E-state index is 0.0725. The largest absolute Gasteiger partial charge is 0.395 e. The summed E-state index contributed by atoms with van der Waals surface area (Å²) in [6, 6.07) is 2.08. The van der Waals surface area contributed by atoms with Gasteiger partial charge in [0.2, 0.25) is 0 Å². The number of hydrogen-bond donors (Lipinski definition) is 2. The first-order valence-electron chi connectivity index (χ1n) is 6.17. The summed E-state index contributed by atoms with van der Waals surface area (Å²) in [4.78, 5) is 1.77. The van der Waals surface area contributed by atoms with E-state index >= 15 is 0 Å². The van der Waals surface area contributed by atoms with Gasteiger partial charge in [0.25, 0.3) is 0 Å². The molecule has 102 valence electrons. The van der Waals surface area contributed by atoms with Crippen LogP contribution in [0.25, 0.3) is 0 Å². The van der Waals surface area contributed by atoms with Crippen molar-refractivity contribution in [3.8, 4) is 0 Å². The van der Waals surface area contributed by atoms with Crippen molar-refractivity contribution >= 4 is 11.4 Å². The highest BCUT2D eigenvalue weighted by atomic mass is 19.1. The number of benzene rings is 1. The molecule has 1 aromatic carbocycles. The number of nitrogen functional groups attached to an aromatic ring is 1. The third-order valence-corrected chi connectivity index (χ3v) is 3.11. The molecule has 0 bridgehead atoms. The van der Waals surface area contributed by atoms with Crippen molar-refractivity contribution < 1.29 is 13.9 Å². The topological polar surface area (TPSA) is 49.5 Å². The van der Waals surface area contributed by atoms with Crippen LogP contribution in [0.3, 0.4) is 0 Å². The zero-order chi connectivity index (χ0) is 13.7. The predicted octanol–water partition coefficient (Wildman–Crippen LogP) is 2.53. The van der Waals surface area contributed by atoms with E-state index in [2.05, 4.69) is 0 Å². The van der Waals surface area contributed by atoms with Crippen molar-refractivity contribution in [2.75, 3.05) is 23.8 Å².